The first-order valence-corrected chi connectivity index (χ1v) is 15.4. The molecular formula is C32H39F6N5O7. The van der Waals surface area contributed by atoms with E-state index in [1.165, 1.54) is 40.9 Å². The molecule has 1 aliphatic heterocycles. The maximum Gasteiger partial charge on any atom is 0.430 e. The number of carbonyl (C=O) groups excluding carboxylic acids is 4. The van der Waals surface area contributed by atoms with E-state index in [0.717, 1.165) is 17.7 Å². The normalized spacial score (nSPS) is 21.9. The number of halogens is 6. The van der Waals surface area contributed by atoms with Crippen molar-refractivity contribution in [1.29, 1.82) is 0 Å². The number of ether oxygens (including phenoxy) is 1. The van der Waals surface area contributed by atoms with E-state index in [2.05, 4.69) is 16.0 Å². The lowest BCUT2D eigenvalue weighted by atomic mass is 9.87. The van der Waals surface area contributed by atoms with E-state index >= 15 is 0 Å². The van der Waals surface area contributed by atoms with Gasteiger partial charge >= 0.3 is 35.9 Å². The van der Waals surface area contributed by atoms with Crippen LogP contribution in [0.25, 0.3) is 0 Å². The molecule has 1 saturated heterocycles. The molecule has 50 heavy (non-hydrogen) atoms. The predicted octanol–water partition coefficient (Wildman–Crippen LogP) is 4.91. The van der Waals surface area contributed by atoms with Crippen molar-refractivity contribution < 1.29 is 60.2 Å². The van der Waals surface area contributed by atoms with Crippen molar-refractivity contribution in [3.63, 3.8) is 0 Å². The molecule has 6 amide bonds. The van der Waals surface area contributed by atoms with Gasteiger partial charge in [-0.15, -0.1) is 0 Å². The first kappa shape index (κ1) is 39.8. The standard InChI is InChI=1S/C32H39F6N5O7/c1-17(2)13-22(25(46)39-19(4)14-24(44)45)43-26(47)30(31(33,34)35,32(36,37)38)42(28(43)49)16-20-11-12-23(29(5,15-20)50-6)41-27(48)40-21-10-8-7-9-18(21)3/h7-12,15,17,19,22-23H,13-14,16H2,1-6H3,(H,39,46)(H,44,45)(H2,40,41,48)/t19-,22+,23?,29?/m1/s1. The lowest BCUT2D eigenvalue weighted by Crippen LogP contribution is -2.69. The molecule has 4 atom stereocenters. The smallest absolute Gasteiger partial charge is 0.430 e. The number of aryl methyl sites for hydroxylation is 1. The largest absolute Gasteiger partial charge is 0.481 e. The number of hydrogen-bond acceptors (Lipinski definition) is 6. The number of carboxylic acids is 1. The van der Waals surface area contributed by atoms with Gasteiger partial charge in [-0.25, -0.2) is 14.5 Å². The summed E-state index contributed by atoms with van der Waals surface area (Å²) in [5, 5.41) is 16.5. The van der Waals surface area contributed by atoms with E-state index in [4.69, 9.17) is 9.84 Å². The number of carbonyl (C=O) groups is 5. The van der Waals surface area contributed by atoms with Crippen molar-refractivity contribution in [1.82, 2.24) is 20.4 Å². The molecule has 1 heterocycles. The Hall–Kier alpha value is -4.61. The first-order chi connectivity index (χ1) is 23.0. The molecule has 12 nitrogen and oxygen atoms in total. The number of amides is 6. The third kappa shape index (κ3) is 7.89. The van der Waals surface area contributed by atoms with Crippen LogP contribution in [0.4, 0.5) is 41.6 Å². The number of nitrogens with one attached hydrogen (secondary N) is 3. The first-order valence-electron chi connectivity index (χ1n) is 15.4. The highest BCUT2D eigenvalue weighted by Crippen LogP contribution is 2.52. The number of para-hydroxylation sites is 1. The number of urea groups is 2. The van der Waals surface area contributed by atoms with Crippen LogP contribution in [-0.2, 0) is 19.1 Å². The summed E-state index contributed by atoms with van der Waals surface area (Å²) in [4.78, 5) is 63.4. The number of alkyl halides is 6. The van der Waals surface area contributed by atoms with E-state index in [1.54, 1.807) is 31.2 Å². The molecule has 2 unspecified atom stereocenters. The van der Waals surface area contributed by atoms with E-state index in [-0.39, 0.29) is 10.5 Å². The highest BCUT2D eigenvalue weighted by Gasteiger charge is 2.84. The molecule has 3 rings (SSSR count). The minimum Gasteiger partial charge on any atom is -0.481 e. The molecule has 18 heteroatoms. The van der Waals surface area contributed by atoms with Crippen LogP contribution >= 0.6 is 0 Å². The minimum atomic E-state index is -6.41. The van der Waals surface area contributed by atoms with Crippen LogP contribution in [0.1, 0.15) is 46.1 Å². The monoisotopic (exact) mass is 719 g/mol. The second-order valence-electron chi connectivity index (χ2n) is 12.8. The number of aliphatic carboxylic acids is 1. The summed E-state index contributed by atoms with van der Waals surface area (Å²) >= 11 is 0. The van der Waals surface area contributed by atoms with Crippen molar-refractivity contribution in [3.8, 4) is 0 Å². The summed E-state index contributed by atoms with van der Waals surface area (Å²) in [5.74, 6) is -6.03. The number of rotatable bonds is 12. The maximum atomic E-state index is 14.8. The molecule has 276 valence electrons. The van der Waals surface area contributed by atoms with Gasteiger partial charge in [0.1, 0.15) is 11.6 Å². The van der Waals surface area contributed by atoms with Crippen molar-refractivity contribution >= 4 is 35.5 Å². The fourth-order valence-corrected chi connectivity index (χ4v) is 5.84. The van der Waals surface area contributed by atoms with Crippen molar-refractivity contribution in [2.24, 2.45) is 5.92 Å². The van der Waals surface area contributed by atoms with Crippen LogP contribution in [0.2, 0.25) is 0 Å². The Bertz CT molecular complexity index is 1550. The SMILES string of the molecule is COC1(C)C=C(CN2C(=O)N([C@@H](CC(C)C)C(=O)N[C@H](C)CC(=O)O)C(=O)C2(C(F)(F)F)C(F)(F)F)C=CC1NC(=O)Nc1ccccc1C. The Kier molecular flexibility index (Phi) is 11.7. The van der Waals surface area contributed by atoms with Gasteiger partial charge < -0.3 is 25.8 Å². The topological polar surface area (TPSA) is 157 Å². The Balaban J connectivity index is 2.04. The molecule has 4 N–H and O–H groups in total. The number of imide groups is 1. The zero-order chi connectivity index (χ0) is 38.0. The molecule has 1 fully saturated rings. The second-order valence-corrected chi connectivity index (χ2v) is 12.8. The number of carboxylic acid groups (broad SMARTS) is 1. The fourth-order valence-electron chi connectivity index (χ4n) is 5.84. The molecule has 0 radical (unpaired) electrons. The van der Waals surface area contributed by atoms with Gasteiger partial charge in [0.15, 0.2) is 0 Å². The predicted molar refractivity (Wildman–Crippen MR) is 167 cm³/mol. The number of anilines is 1. The van der Waals surface area contributed by atoms with Gasteiger partial charge in [0.2, 0.25) is 5.91 Å². The molecule has 1 aromatic carbocycles. The summed E-state index contributed by atoms with van der Waals surface area (Å²) in [6, 6.07) is -0.238. The fraction of sp³-hybridized carbons (Fsp3) is 0.531. The van der Waals surface area contributed by atoms with Gasteiger partial charge in [0, 0.05) is 25.4 Å². The van der Waals surface area contributed by atoms with Crippen LogP contribution in [-0.4, -0.2) is 100 Å². The van der Waals surface area contributed by atoms with Gasteiger partial charge in [-0.2, -0.15) is 26.3 Å². The Morgan fingerprint density at radius 2 is 1.64 bits per heavy atom. The van der Waals surface area contributed by atoms with E-state index in [0.29, 0.717) is 5.69 Å². The highest BCUT2D eigenvalue weighted by atomic mass is 19.4. The van der Waals surface area contributed by atoms with E-state index < -0.39 is 102 Å². The molecule has 0 spiro atoms. The number of hydrogen-bond donors (Lipinski definition) is 4. The molecule has 2 aliphatic rings. The zero-order valence-corrected chi connectivity index (χ0v) is 28.0. The van der Waals surface area contributed by atoms with E-state index in [9.17, 15) is 50.3 Å². The molecule has 1 aromatic rings. The van der Waals surface area contributed by atoms with Crippen LogP contribution in [0, 0.1) is 12.8 Å². The molecule has 0 aromatic heterocycles. The minimum absolute atomic E-state index is 0.312. The van der Waals surface area contributed by atoms with Crippen molar-refractivity contribution in [3.05, 3.63) is 53.6 Å². The van der Waals surface area contributed by atoms with Gasteiger partial charge in [0.05, 0.1) is 12.5 Å². The molecule has 1 aliphatic carbocycles. The van der Waals surface area contributed by atoms with Gasteiger partial charge in [-0.05, 0) is 56.4 Å². The summed E-state index contributed by atoms with van der Waals surface area (Å²) in [6.07, 6.45) is -10.6. The Morgan fingerprint density at radius 1 is 1.04 bits per heavy atom. The average Bonchev–Trinajstić information content (AvgIpc) is 3.19. The summed E-state index contributed by atoms with van der Waals surface area (Å²) in [7, 11) is 1.18. The van der Waals surface area contributed by atoms with Crippen molar-refractivity contribution in [2.75, 3.05) is 19.0 Å². The Labute approximate surface area is 283 Å². The van der Waals surface area contributed by atoms with Crippen molar-refractivity contribution in [2.45, 2.75) is 89.1 Å². The van der Waals surface area contributed by atoms with Crippen LogP contribution in [0.15, 0.2) is 48.1 Å². The van der Waals surface area contributed by atoms with Crippen LogP contribution in [0.3, 0.4) is 0 Å². The van der Waals surface area contributed by atoms with Gasteiger partial charge in [-0.1, -0.05) is 44.2 Å². The molecular weight excluding hydrogens is 680 g/mol. The van der Waals surface area contributed by atoms with Crippen LogP contribution in [0.5, 0.6) is 0 Å². The maximum absolute atomic E-state index is 14.8. The highest BCUT2D eigenvalue weighted by molar-refractivity contribution is 6.11. The van der Waals surface area contributed by atoms with Crippen LogP contribution < -0.4 is 16.0 Å². The molecule has 0 saturated carbocycles. The number of benzene rings is 1. The third-order valence-corrected chi connectivity index (χ3v) is 8.42. The summed E-state index contributed by atoms with van der Waals surface area (Å²) in [5.41, 5.74) is -6.07. The summed E-state index contributed by atoms with van der Waals surface area (Å²) in [6.45, 7) is 5.86. The number of nitrogens with zero attached hydrogens (tertiary/aromatic N) is 2. The third-order valence-electron chi connectivity index (χ3n) is 8.42. The average molecular weight is 720 g/mol. The van der Waals surface area contributed by atoms with Gasteiger partial charge in [-0.3, -0.25) is 19.3 Å². The lowest BCUT2D eigenvalue weighted by Gasteiger charge is -2.39. The molecule has 0 bridgehead atoms. The quantitative estimate of drug-likeness (QED) is 0.177. The number of methoxy groups -OCH3 is 1. The summed E-state index contributed by atoms with van der Waals surface area (Å²) < 4.78 is 94.2. The second kappa shape index (κ2) is 14.7. The zero-order valence-electron chi connectivity index (χ0n) is 28.0. The van der Waals surface area contributed by atoms with Gasteiger partial charge in [0.25, 0.3) is 5.91 Å². The lowest BCUT2D eigenvalue weighted by molar-refractivity contribution is -0.313. The van der Waals surface area contributed by atoms with E-state index in [1.807, 2.05) is 0 Å². The Morgan fingerprint density at radius 3 is 2.16 bits per heavy atom.